The van der Waals surface area contributed by atoms with Crippen molar-refractivity contribution in [3.8, 4) is 5.75 Å². The standard InChI is InChI=1S/C21H26N2O3/c1-4-22-21(25)17(3)23(14-18-10-6-5-7-11-18)20(24)15-26-19-12-8-9-16(2)13-19/h5-13,17H,4,14-15H2,1-3H3,(H,22,25)/t17-/m0/s1. The van der Waals surface area contributed by atoms with Crippen molar-refractivity contribution in [2.45, 2.75) is 33.4 Å². The predicted octanol–water partition coefficient (Wildman–Crippen LogP) is 2.93. The Labute approximate surface area is 155 Å². The van der Waals surface area contributed by atoms with E-state index in [-0.39, 0.29) is 18.4 Å². The van der Waals surface area contributed by atoms with Gasteiger partial charge < -0.3 is 15.0 Å². The van der Waals surface area contributed by atoms with E-state index in [9.17, 15) is 9.59 Å². The smallest absolute Gasteiger partial charge is 0.261 e. The first kappa shape index (κ1) is 19.5. The Balaban J connectivity index is 2.10. The molecule has 0 unspecified atom stereocenters. The third-order valence-corrected chi connectivity index (χ3v) is 4.07. The number of rotatable bonds is 8. The van der Waals surface area contributed by atoms with Gasteiger partial charge in [-0.05, 0) is 44.0 Å². The summed E-state index contributed by atoms with van der Waals surface area (Å²) in [7, 11) is 0. The average Bonchev–Trinajstić information content (AvgIpc) is 2.65. The molecule has 0 bridgehead atoms. The fraction of sp³-hybridized carbons (Fsp3) is 0.333. The summed E-state index contributed by atoms with van der Waals surface area (Å²) < 4.78 is 5.63. The van der Waals surface area contributed by atoms with Crippen molar-refractivity contribution in [3.63, 3.8) is 0 Å². The van der Waals surface area contributed by atoms with Crippen LogP contribution in [0.1, 0.15) is 25.0 Å². The van der Waals surface area contributed by atoms with Crippen molar-refractivity contribution in [3.05, 3.63) is 65.7 Å². The highest BCUT2D eigenvalue weighted by Gasteiger charge is 2.26. The molecule has 2 amide bonds. The molecule has 2 aromatic carbocycles. The molecule has 0 spiro atoms. The highest BCUT2D eigenvalue weighted by atomic mass is 16.5. The summed E-state index contributed by atoms with van der Waals surface area (Å²) >= 11 is 0. The molecule has 0 aliphatic carbocycles. The molecule has 2 rings (SSSR count). The van der Waals surface area contributed by atoms with Gasteiger partial charge in [0, 0.05) is 13.1 Å². The van der Waals surface area contributed by atoms with Crippen molar-refractivity contribution in [2.75, 3.05) is 13.2 Å². The van der Waals surface area contributed by atoms with Gasteiger partial charge in [0.15, 0.2) is 6.61 Å². The number of ether oxygens (including phenoxy) is 1. The lowest BCUT2D eigenvalue weighted by Crippen LogP contribution is -2.49. The van der Waals surface area contributed by atoms with Crippen LogP contribution < -0.4 is 10.1 Å². The predicted molar refractivity (Wildman–Crippen MR) is 102 cm³/mol. The van der Waals surface area contributed by atoms with E-state index in [1.54, 1.807) is 11.8 Å². The maximum atomic E-state index is 12.8. The molecule has 26 heavy (non-hydrogen) atoms. The fourth-order valence-corrected chi connectivity index (χ4v) is 2.62. The van der Waals surface area contributed by atoms with Crippen LogP contribution in [0, 0.1) is 6.92 Å². The van der Waals surface area contributed by atoms with Crippen molar-refractivity contribution in [1.82, 2.24) is 10.2 Å². The number of hydrogen-bond acceptors (Lipinski definition) is 3. The van der Waals surface area contributed by atoms with E-state index < -0.39 is 6.04 Å². The molecule has 138 valence electrons. The Morgan fingerprint density at radius 3 is 2.50 bits per heavy atom. The molecule has 0 aliphatic rings. The van der Waals surface area contributed by atoms with Crippen LogP contribution in [0.3, 0.4) is 0 Å². The minimum atomic E-state index is -0.580. The lowest BCUT2D eigenvalue weighted by molar-refractivity contribution is -0.142. The van der Waals surface area contributed by atoms with Gasteiger partial charge in [0.25, 0.3) is 5.91 Å². The molecular weight excluding hydrogens is 328 g/mol. The monoisotopic (exact) mass is 354 g/mol. The maximum Gasteiger partial charge on any atom is 0.261 e. The van der Waals surface area contributed by atoms with Gasteiger partial charge in [0.05, 0.1) is 0 Å². The van der Waals surface area contributed by atoms with Gasteiger partial charge in [0.1, 0.15) is 11.8 Å². The molecule has 0 fully saturated rings. The zero-order chi connectivity index (χ0) is 18.9. The van der Waals surface area contributed by atoms with Crippen molar-refractivity contribution < 1.29 is 14.3 Å². The Morgan fingerprint density at radius 1 is 1.12 bits per heavy atom. The first-order valence-corrected chi connectivity index (χ1v) is 8.81. The Bertz CT molecular complexity index is 731. The highest BCUT2D eigenvalue weighted by molar-refractivity contribution is 5.87. The van der Waals surface area contributed by atoms with Crippen LogP contribution in [0.4, 0.5) is 0 Å². The lowest BCUT2D eigenvalue weighted by atomic mass is 10.1. The van der Waals surface area contributed by atoms with Crippen LogP contribution in [0.2, 0.25) is 0 Å². The van der Waals surface area contributed by atoms with Crippen molar-refractivity contribution in [2.24, 2.45) is 0 Å². The molecule has 2 aromatic rings. The zero-order valence-corrected chi connectivity index (χ0v) is 15.6. The fourth-order valence-electron chi connectivity index (χ4n) is 2.62. The molecule has 0 heterocycles. The van der Waals surface area contributed by atoms with Gasteiger partial charge >= 0.3 is 0 Å². The number of nitrogens with one attached hydrogen (secondary N) is 1. The second-order valence-electron chi connectivity index (χ2n) is 6.18. The summed E-state index contributed by atoms with van der Waals surface area (Å²) in [4.78, 5) is 26.6. The molecule has 5 heteroatoms. The zero-order valence-electron chi connectivity index (χ0n) is 15.6. The van der Waals surface area contributed by atoms with Crippen LogP contribution in [-0.2, 0) is 16.1 Å². The number of likely N-dealkylation sites (N-methyl/N-ethyl adjacent to an activating group) is 1. The second-order valence-corrected chi connectivity index (χ2v) is 6.18. The number of benzene rings is 2. The van der Waals surface area contributed by atoms with E-state index in [1.165, 1.54) is 0 Å². The first-order chi connectivity index (χ1) is 12.5. The largest absolute Gasteiger partial charge is 0.484 e. The molecule has 1 N–H and O–H groups in total. The highest BCUT2D eigenvalue weighted by Crippen LogP contribution is 2.14. The number of amides is 2. The molecule has 0 radical (unpaired) electrons. The van der Waals surface area contributed by atoms with Gasteiger partial charge in [-0.1, -0.05) is 42.5 Å². The van der Waals surface area contributed by atoms with E-state index in [0.29, 0.717) is 18.8 Å². The van der Waals surface area contributed by atoms with Gasteiger partial charge in [-0.3, -0.25) is 9.59 Å². The first-order valence-electron chi connectivity index (χ1n) is 8.81. The van der Waals surface area contributed by atoms with Crippen LogP contribution in [0.15, 0.2) is 54.6 Å². The second kappa shape index (κ2) is 9.61. The summed E-state index contributed by atoms with van der Waals surface area (Å²) in [5.41, 5.74) is 2.03. The van der Waals surface area contributed by atoms with E-state index >= 15 is 0 Å². The van der Waals surface area contributed by atoms with Gasteiger partial charge in [0.2, 0.25) is 5.91 Å². The Morgan fingerprint density at radius 2 is 1.85 bits per heavy atom. The van der Waals surface area contributed by atoms with E-state index in [2.05, 4.69) is 5.32 Å². The Kier molecular flexibility index (Phi) is 7.21. The number of nitrogens with zero attached hydrogens (tertiary/aromatic N) is 1. The van der Waals surface area contributed by atoms with Crippen LogP contribution >= 0.6 is 0 Å². The van der Waals surface area contributed by atoms with Gasteiger partial charge in [-0.25, -0.2) is 0 Å². The van der Waals surface area contributed by atoms with E-state index in [0.717, 1.165) is 11.1 Å². The molecular formula is C21H26N2O3. The van der Waals surface area contributed by atoms with Gasteiger partial charge in [-0.2, -0.15) is 0 Å². The molecule has 0 aromatic heterocycles. The molecule has 0 saturated heterocycles. The van der Waals surface area contributed by atoms with E-state index in [1.807, 2.05) is 68.4 Å². The number of carbonyl (C=O) groups is 2. The number of carbonyl (C=O) groups excluding carboxylic acids is 2. The van der Waals surface area contributed by atoms with Crippen LogP contribution in [0.25, 0.3) is 0 Å². The lowest BCUT2D eigenvalue weighted by Gasteiger charge is -2.28. The normalized spacial score (nSPS) is 11.5. The number of hydrogen-bond donors (Lipinski definition) is 1. The topological polar surface area (TPSA) is 58.6 Å². The molecule has 0 aliphatic heterocycles. The quantitative estimate of drug-likeness (QED) is 0.793. The van der Waals surface area contributed by atoms with Crippen LogP contribution in [0.5, 0.6) is 5.75 Å². The minimum Gasteiger partial charge on any atom is -0.484 e. The van der Waals surface area contributed by atoms with Crippen molar-refractivity contribution >= 4 is 11.8 Å². The maximum absolute atomic E-state index is 12.8. The number of aryl methyl sites for hydroxylation is 1. The van der Waals surface area contributed by atoms with E-state index in [4.69, 9.17) is 4.74 Å². The Hall–Kier alpha value is -2.82. The van der Waals surface area contributed by atoms with Gasteiger partial charge in [-0.15, -0.1) is 0 Å². The molecule has 5 nitrogen and oxygen atoms in total. The van der Waals surface area contributed by atoms with Crippen LogP contribution in [-0.4, -0.2) is 35.9 Å². The summed E-state index contributed by atoms with van der Waals surface area (Å²) in [5.74, 6) is 0.241. The summed E-state index contributed by atoms with van der Waals surface area (Å²) in [6, 6.07) is 16.6. The summed E-state index contributed by atoms with van der Waals surface area (Å²) in [5, 5.41) is 2.77. The third kappa shape index (κ3) is 5.62. The third-order valence-electron chi connectivity index (χ3n) is 4.07. The summed E-state index contributed by atoms with van der Waals surface area (Å²) in [6.45, 7) is 6.33. The molecule has 1 atom stereocenters. The minimum absolute atomic E-state index is 0.111. The molecule has 0 saturated carbocycles. The SMILES string of the molecule is CCNC(=O)[C@H](C)N(Cc1ccccc1)C(=O)COc1cccc(C)c1. The average molecular weight is 354 g/mol. The summed E-state index contributed by atoms with van der Waals surface area (Å²) in [6.07, 6.45) is 0. The van der Waals surface area contributed by atoms with Crippen molar-refractivity contribution in [1.29, 1.82) is 0 Å².